The van der Waals surface area contributed by atoms with Crippen LogP contribution in [0.1, 0.15) is 20.3 Å². The Kier molecular flexibility index (Phi) is 1.97. The molecule has 58 valence electrons. The van der Waals surface area contributed by atoms with Crippen molar-refractivity contribution in [3.8, 4) is 0 Å². The molecular weight excluding hydrogens is 148 g/mol. The quantitative estimate of drug-likeness (QED) is 0.501. The minimum absolute atomic E-state index is 0.278. The predicted octanol–water partition coefficient (Wildman–Crippen LogP) is 1.41. The smallest absolute Gasteiger partial charge is 0.160 e. The third kappa shape index (κ3) is 1.92. The van der Waals surface area contributed by atoms with E-state index < -0.39 is 11.1 Å². The molecule has 0 bridgehead atoms. The van der Waals surface area contributed by atoms with Crippen molar-refractivity contribution < 1.29 is 8.39 Å². The maximum atomic E-state index is 10.9. The van der Waals surface area contributed by atoms with Gasteiger partial charge >= 0.3 is 0 Å². The Bertz CT molecular complexity index is 166. The van der Waals surface area contributed by atoms with Gasteiger partial charge in [-0.25, -0.2) is 4.21 Å². The SMILES string of the molecule is C=C1CS(=O)OC(C)(C)C1. The van der Waals surface area contributed by atoms with Crippen LogP contribution in [0.2, 0.25) is 0 Å². The summed E-state index contributed by atoms with van der Waals surface area (Å²) in [5.41, 5.74) is 0.745. The zero-order valence-corrected chi connectivity index (χ0v) is 7.16. The third-order valence-corrected chi connectivity index (χ3v) is 2.60. The van der Waals surface area contributed by atoms with E-state index in [1.165, 1.54) is 0 Å². The topological polar surface area (TPSA) is 26.3 Å². The normalized spacial score (nSPS) is 32.2. The molecule has 0 spiro atoms. The Morgan fingerprint density at radius 3 is 2.70 bits per heavy atom. The fourth-order valence-corrected chi connectivity index (χ4v) is 2.19. The second-order valence-corrected chi connectivity index (χ2v) is 4.28. The molecule has 1 aliphatic heterocycles. The summed E-state index contributed by atoms with van der Waals surface area (Å²) in [7, 11) is 0. The van der Waals surface area contributed by atoms with Gasteiger partial charge in [-0.2, -0.15) is 0 Å². The Labute approximate surface area is 63.9 Å². The first-order valence-corrected chi connectivity index (χ1v) is 4.48. The summed E-state index contributed by atoms with van der Waals surface area (Å²) >= 11 is -1.14. The van der Waals surface area contributed by atoms with Crippen LogP contribution in [0, 0.1) is 0 Å². The summed E-state index contributed by atoms with van der Waals surface area (Å²) in [5, 5.41) is 0. The van der Waals surface area contributed by atoms with Gasteiger partial charge in [0.05, 0.1) is 11.4 Å². The van der Waals surface area contributed by atoms with Gasteiger partial charge in [-0.1, -0.05) is 12.2 Å². The van der Waals surface area contributed by atoms with Crippen LogP contribution in [-0.4, -0.2) is 15.6 Å². The van der Waals surface area contributed by atoms with Crippen molar-refractivity contribution in [1.82, 2.24) is 0 Å². The van der Waals surface area contributed by atoms with Crippen molar-refractivity contribution >= 4 is 11.1 Å². The number of hydrogen-bond acceptors (Lipinski definition) is 2. The highest BCUT2D eigenvalue weighted by atomic mass is 32.2. The molecule has 1 heterocycles. The van der Waals surface area contributed by atoms with Gasteiger partial charge in [0.1, 0.15) is 0 Å². The van der Waals surface area contributed by atoms with E-state index >= 15 is 0 Å². The van der Waals surface area contributed by atoms with E-state index in [4.69, 9.17) is 4.18 Å². The number of hydrogen-bond donors (Lipinski definition) is 0. The summed E-state index contributed by atoms with van der Waals surface area (Å²) in [4.78, 5) is 0. The van der Waals surface area contributed by atoms with Gasteiger partial charge in [0, 0.05) is 0 Å². The molecule has 2 nitrogen and oxygen atoms in total. The largest absolute Gasteiger partial charge is 0.284 e. The molecule has 1 fully saturated rings. The molecule has 1 unspecified atom stereocenters. The minimum atomic E-state index is -1.14. The standard InChI is InChI=1S/C7H12O2S/c1-6-4-7(2,3)9-10(8)5-6/h1,4-5H2,2-3H3. The summed E-state index contributed by atoms with van der Waals surface area (Å²) in [6, 6.07) is 0. The van der Waals surface area contributed by atoms with Gasteiger partial charge in [0.25, 0.3) is 0 Å². The van der Waals surface area contributed by atoms with Gasteiger partial charge in [0.2, 0.25) is 0 Å². The van der Waals surface area contributed by atoms with Crippen LogP contribution in [0.5, 0.6) is 0 Å². The molecule has 0 N–H and O–H groups in total. The molecular formula is C7H12O2S. The van der Waals surface area contributed by atoms with Crippen LogP contribution in [0.15, 0.2) is 12.2 Å². The number of rotatable bonds is 0. The second-order valence-electron chi connectivity index (χ2n) is 3.22. The maximum absolute atomic E-state index is 10.9. The summed E-state index contributed by atoms with van der Waals surface area (Å²) in [6.45, 7) is 7.64. The summed E-state index contributed by atoms with van der Waals surface area (Å²) in [5.74, 6) is 0.503. The van der Waals surface area contributed by atoms with E-state index in [2.05, 4.69) is 6.58 Å². The van der Waals surface area contributed by atoms with Crippen LogP contribution in [0.3, 0.4) is 0 Å². The van der Waals surface area contributed by atoms with E-state index in [1.54, 1.807) is 0 Å². The summed E-state index contributed by atoms with van der Waals surface area (Å²) < 4.78 is 16.1. The molecule has 0 saturated carbocycles. The minimum Gasteiger partial charge on any atom is -0.284 e. The van der Waals surface area contributed by atoms with Gasteiger partial charge in [-0.15, -0.1) is 0 Å². The monoisotopic (exact) mass is 160 g/mol. The van der Waals surface area contributed by atoms with E-state index in [9.17, 15) is 4.21 Å². The molecule has 1 rings (SSSR count). The Morgan fingerprint density at radius 1 is 1.70 bits per heavy atom. The molecule has 0 amide bonds. The van der Waals surface area contributed by atoms with E-state index in [1.807, 2.05) is 13.8 Å². The first kappa shape index (κ1) is 7.95. The molecule has 0 radical (unpaired) electrons. The molecule has 0 aromatic heterocycles. The van der Waals surface area contributed by atoms with E-state index in [0.29, 0.717) is 5.75 Å². The third-order valence-electron chi connectivity index (χ3n) is 1.32. The molecule has 0 aliphatic carbocycles. The first-order chi connectivity index (χ1) is 4.49. The molecule has 3 heteroatoms. The van der Waals surface area contributed by atoms with E-state index in [-0.39, 0.29) is 5.60 Å². The molecule has 0 aromatic carbocycles. The van der Waals surface area contributed by atoms with Gasteiger partial charge < -0.3 is 0 Å². The van der Waals surface area contributed by atoms with Crippen LogP contribution >= 0.6 is 0 Å². The lowest BCUT2D eigenvalue weighted by atomic mass is 10.0. The van der Waals surface area contributed by atoms with Gasteiger partial charge in [0.15, 0.2) is 11.1 Å². The zero-order chi connectivity index (χ0) is 7.78. The van der Waals surface area contributed by atoms with Crippen LogP contribution in [0.25, 0.3) is 0 Å². The van der Waals surface area contributed by atoms with Crippen LogP contribution in [-0.2, 0) is 15.3 Å². The van der Waals surface area contributed by atoms with Crippen molar-refractivity contribution in [3.05, 3.63) is 12.2 Å². The second kappa shape index (κ2) is 2.47. The highest BCUT2D eigenvalue weighted by Gasteiger charge is 2.28. The highest BCUT2D eigenvalue weighted by molar-refractivity contribution is 7.80. The van der Waals surface area contributed by atoms with Gasteiger partial charge in [-0.05, 0) is 20.3 Å². The lowest BCUT2D eigenvalue weighted by molar-refractivity contribution is 0.122. The predicted molar refractivity (Wildman–Crippen MR) is 41.9 cm³/mol. The van der Waals surface area contributed by atoms with Gasteiger partial charge in [-0.3, -0.25) is 4.18 Å². The fourth-order valence-electron chi connectivity index (χ4n) is 1.13. The molecule has 1 atom stereocenters. The first-order valence-electron chi connectivity index (χ1n) is 3.24. The fraction of sp³-hybridized carbons (Fsp3) is 0.714. The highest BCUT2D eigenvalue weighted by Crippen LogP contribution is 2.26. The molecule has 1 aliphatic rings. The summed E-state index contributed by atoms with van der Waals surface area (Å²) in [6.07, 6.45) is 0.818. The lowest BCUT2D eigenvalue weighted by Gasteiger charge is -2.29. The van der Waals surface area contributed by atoms with Crippen molar-refractivity contribution in [2.75, 3.05) is 5.75 Å². The van der Waals surface area contributed by atoms with Crippen LogP contribution < -0.4 is 0 Å². The van der Waals surface area contributed by atoms with Crippen molar-refractivity contribution in [2.24, 2.45) is 0 Å². The van der Waals surface area contributed by atoms with Crippen molar-refractivity contribution in [3.63, 3.8) is 0 Å². The zero-order valence-electron chi connectivity index (χ0n) is 6.35. The lowest BCUT2D eigenvalue weighted by Crippen LogP contribution is -2.32. The average Bonchev–Trinajstić information content (AvgIpc) is 1.54. The molecule has 0 aromatic rings. The van der Waals surface area contributed by atoms with Crippen molar-refractivity contribution in [2.45, 2.75) is 25.9 Å². The Balaban J connectivity index is 2.68. The van der Waals surface area contributed by atoms with Crippen molar-refractivity contribution in [1.29, 1.82) is 0 Å². The molecule has 1 saturated heterocycles. The van der Waals surface area contributed by atoms with Crippen LogP contribution in [0.4, 0.5) is 0 Å². The Morgan fingerprint density at radius 2 is 2.30 bits per heavy atom. The average molecular weight is 160 g/mol. The van der Waals surface area contributed by atoms with E-state index in [0.717, 1.165) is 12.0 Å². The Hall–Kier alpha value is -0.150. The molecule has 10 heavy (non-hydrogen) atoms. The maximum Gasteiger partial charge on any atom is 0.160 e.